The first kappa shape index (κ1) is 20.9. The summed E-state index contributed by atoms with van der Waals surface area (Å²) in [5.41, 5.74) is 3.99. The van der Waals surface area contributed by atoms with E-state index >= 15 is 0 Å². The Hall–Kier alpha value is -4.32. The molecule has 0 aliphatic carbocycles. The first-order valence-electron chi connectivity index (χ1n) is 10.2. The SMILES string of the molecule is CN(c1ccccc1)c1ccccc1C(=O)NCc1ccc(NC(=O)c2ccco2)cc1. The number of amides is 2. The molecule has 32 heavy (non-hydrogen) atoms. The standard InChI is InChI=1S/C26H23N3O3/c1-29(21-8-3-2-4-9-21)23-11-6-5-10-22(23)25(30)27-18-19-13-15-20(16-14-19)28-26(31)24-12-7-17-32-24/h2-17H,18H2,1H3,(H,27,30)(H,28,31). The lowest BCUT2D eigenvalue weighted by Gasteiger charge is -2.22. The van der Waals surface area contributed by atoms with Crippen molar-refractivity contribution in [1.82, 2.24) is 5.32 Å². The van der Waals surface area contributed by atoms with Crippen LogP contribution in [-0.2, 0) is 6.54 Å². The normalized spacial score (nSPS) is 10.4. The third-order valence-corrected chi connectivity index (χ3v) is 5.06. The van der Waals surface area contributed by atoms with Gasteiger partial charge in [-0.15, -0.1) is 0 Å². The van der Waals surface area contributed by atoms with E-state index in [0.717, 1.165) is 16.9 Å². The maximum Gasteiger partial charge on any atom is 0.291 e. The summed E-state index contributed by atoms with van der Waals surface area (Å²) < 4.78 is 5.09. The summed E-state index contributed by atoms with van der Waals surface area (Å²) >= 11 is 0. The van der Waals surface area contributed by atoms with Crippen LogP contribution >= 0.6 is 0 Å². The van der Waals surface area contributed by atoms with Gasteiger partial charge in [0.25, 0.3) is 11.8 Å². The van der Waals surface area contributed by atoms with Crippen LogP contribution < -0.4 is 15.5 Å². The van der Waals surface area contributed by atoms with Gasteiger partial charge < -0.3 is 20.0 Å². The molecular formula is C26H23N3O3. The lowest BCUT2D eigenvalue weighted by Crippen LogP contribution is -2.25. The molecule has 1 aromatic heterocycles. The molecule has 2 amide bonds. The molecule has 0 aliphatic heterocycles. The third kappa shape index (κ3) is 4.87. The highest BCUT2D eigenvalue weighted by Crippen LogP contribution is 2.26. The van der Waals surface area contributed by atoms with Crippen LogP contribution in [0.2, 0.25) is 0 Å². The number of nitrogens with zero attached hydrogens (tertiary/aromatic N) is 1. The van der Waals surface area contributed by atoms with Gasteiger partial charge in [-0.3, -0.25) is 9.59 Å². The molecule has 0 atom stereocenters. The molecule has 3 aromatic carbocycles. The van der Waals surface area contributed by atoms with Crippen LogP contribution in [0.5, 0.6) is 0 Å². The summed E-state index contributed by atoms with van der Waals surface area (Å²) in [5, 5.41) is 5.75. The maximum absolute atomic E-state index is 12.9. The predicted octanol–water partition coefficient (Wildman–Crippen LogP) is 5.23. The molecule has 0 aliphatic rings. The molecule has 1 heterocycles. The molecule has 0 fully saturated rings. The second kappa shape index (κ2) is 9.66. The Bertz CT molecular complexity index is 1190. The van der Waals surface area contributed by atoms with Crippen molar-refractivity contribution in [2.24, 2.45) is 0 Å². The van der Waals surface area contributed by atoms with Gasteiger partial charge >= 0.3 is 0 Å². The van der Waals surface area contributed by atoms with Crippen LogP contribution in [0.1, 0.15) is 26.5 Å². The molecule has 160 valence electrons. The van der Waals surface area contributed by atoms with E-state index in [9.17, 15) is 9.59 Å². The smallest absolute Gasteiger partial charge is 0.291 e. The Labute approximate surface area is 186 Å². The van der Waals surface area contributed by atoms with Crippen molar-refractivity contribution in [1.29, 1.82) is 0 Å². The monoisotopic (exact) mass is 425 g/mol. The van der Waals surface area contributed by atoms with E-state index in [0.29, 0.717) is 17.8 Å². The van der Waals surface area contributed by atoms with Gasteiger partial charge in [-0.1, -0.05) is 42.5 Å². The van der Waals surface area contributed by atoms with Gasteiger partial charge in [0, 0.05) is 25.0 Å². The van der Waals surface area contributed by atoms with Gasteiger partial charge in [0.1, 0.15) is 0 Å². The van der Waals surface area contributed by atoms with E-state index in [1.807, 2.05) is 78.7 Å². The molecule has 4 aromatic rings. The summed E-state index contributed by atoms with van der Waals surface area (Å²) in [7, 11) is 1.94. The molecular weight excluding hydrogens is 402 g/mol. The molecule has 2 N–H and O–H groups in total. The zero-order chi connectivity index (χ0) is 22.3. The Balaban J connectivity index is 1.39. The number of carbonyl (C=O) groups is 2. The van der Waals surface area contributed by atoms with Crippen molar-refractivity contribution in [2.45, 2.75) is 6.54 Å². The van der Waals surface area contributed by atoms with Gasteiger partial charge in [-0.05, 0) is 54.1 Å². The second-order valence-corrected chi connectivity index (χ2v) is 7.22. The summed E-state index contributed by atoms with van der Waals surface area (Å²) in [5.74, 6) is -0.214. The fourth-order valence-corrected chi connectivity index (χ4v) is 3.33. The van der Waals surface area contributed by atoms with Crippen LogP contribution in [0.4, 0.5) is 17.1 Å². The van der Waals surface area contributed by atoms with Crippen LogP contribution in [0.15, 0.2) is 102 Å². The highest BCUT2D eigenvalue weighted by molar-refractivity contribution is 6.02. The van der Waals surface area contributed by atoms with Crippen LogP contribution in [0, 0.1) is 0 Å². The lowest BCUT2D eigenvalue weighted by molar-refractivity contribution is 0.0950. The summed E-state index contributed by atoms with van der Waals surface area (Å²) in [6, 6.07) is 28.0. The number of anilines is 3. The van der Waals surface area contributed by atoms with Crippen molar-refractivity contribution < 1.29 is 14.0 Å². The number of hydrogen-bond acceptors (Lipinski definition) is 4. The lowest BCUT2D eigenvalue weighted by atomic mass is 10.1. The van der Waals surface area contributed by atoms with E-state index in [4.69, 9.17) is 4.42 Å². The highest BCUT2D eigenvalue weighted by atomic mass is 16.3. The van der Waals surface area contributed by atoms with Crippen molar-refractivity contribution in [2.75, 3.05) is 17.3 Å². The van der Waals surface area contributed by atoms with Gasteiger partial charge in [0.05, 0.1) is 17.5 Å². The Morgan fingerprint density at radius 3 is 2.25 bits per heavy atom. The highest BCUT2D eigenvalue weighted by Gasteiger charge is 2.15. The average molecular weight is 425 g/mol. The molecule has 0 unspecified atom stereocenters. The number of furan rings is 1. The topological polar surface area (TPSA) is 74.6 Å². The van der Waals surface area contributed by atoms with E-state index in [2.05, 4.69) is 10.6 Å². The Morgan fingerprint density at radius 1 is 0.812 bits per heavy atom. The van der Waals surface area contributed by atoms with E-state index < -0.39 is 0 Å². The largest absolute Gasteiger partial charge is 0.459 e. The van der Waals surface area contributed by atoms with Crippen molar-refractivity contribution >= 4 is 28.9 Å². The van der Waals surface area contributed by atoms with Gasteiger partial charge in [-0.25, -0.2) is 0 Å². The summed E-state index contributed by atoms with van der Waals surface area (Å²) in [4.78, 5) is 27.0. The molecule has 0 radical (unpaired) electrons. The van der Waals surface area contributed by atoms with Crippen molar-refractivity contribution in [3.8, 4) is 0 Å². The number of hydrogen-bond donors (Lipinski definition) is 2. The molecule has 0 saturated carbocycles. The van der Waals surface area contributed by atoms with Crippen LogP contribution in [0.3, 0.4) is 0 Å². The summed E-state index contributed by atoms with van der Waals surface area (Å²) in [6.45, 7) is 0.370. The summed E-state index contributed by atoms with van der Waals surface area (Å²) in [6.07, 6.45) is 1.45. The van der Waals surface area contributed by atoms with Gasteiger partial charge in [0.15, 0.2) is 5.76 Å². The number of rotatable bonds is 7. The van der Waals surface area contributed by atoms with Gasteiger partial charge in [-0.2, -0.15) is 0 Å². The minimum atomic E-state index is -0.310. The molecule has 4 rings (SSSR count). The third-order valence-electron chi connectivity index (χ3n) is 5.06. The van der Waals surface area contributed by atoms with E-state index in [1.165, 1.54) is 6.26 Å². The Kier molecular flexibility index (Phi) is 6.32. The van der Waals surface area contributed by atoms with Crippen molar-refractivity contribution in [3.63, 3.8) is 0 Å². The maximum atomic E-state index is 12.9. The number of nitrogens with one attached hydrogen (secondary N) is 2. The fraction of sp³-hybridized carbons (Fsp3) is 0.0769. The zero-order valence-electron chi connectivity index (χ0n) is 17.6. The Morgan fingerprint density at radius 2 is 1.53 bits per heavy atom. The van der Waals surface area contributed by atoms with Crippen LogP contribution in [-0.4, -0.2) is 18.9 Å². The van der Waals surface area contributed by atoms with Crippen molar-refractivity contribution in [3.05, 3.63) is 114 Å². The minimum absolute atomic E-state index is 0.154. The molecule has 6 heteroatoms. The number of benzene rings is 3. The minimum Gasteiger partial charge on any atom is -0.459 e. The second-order valence-electron chi connectivity index (χ2n) is 7.22. The molecule has 0 bridgehead atoms. The van der Waals surface area contributed by atoms with E-state index in [-0.39, 0.29) is 17.6 Å². The molecule has 6 nitrogen and oxygen atoms in total. The number of carbonyl (C=O) groups excluding carboxylic acids is 2. The molecule has 0 saturated heterocycles. The van der Waals surface area contributed by atoms with E-state index in [1.54, 1.807) is 24.3 Å². The first-order chi connectivity index (χ1) is 15.6. The quantitative estimate of drug-likeness (QED) is 0.425. The average Bonchev–Trinajstić information content (AvgIpc) is 3.39. The van der Waals surface area contributed by atoms with Gasteiger partial charge in [0.2, 0.25) is 0 Å². The molecule has 0 spiro atoms. The first-order valence-corrected chi connectivity index (χ1v) is 10.2. The zero-order valence-corrected chi connectivity index (χ0v) is 17.6. The number of para-hydroxylation sites is 2. The van der Waals surface area contributed by atoms with Crippen LogP contribution in [0.25, 0.3) is 0 Å². The predicted molar refractivity (Wildman–Crippen MR) is 125 cm³/mol. The fourth-order valence-electron chi connectivity index (χ4n) is 3.33.